The average molecular weight is 676 g/mol. The van der Waals surface area contributed by atoms with Gasteiger partial charge in [-0.25, -0.2) is 4.98 Å². The molecule has 0 aliphatic heterocycles. The van der Waals surface area contributed by atoms with E-state index in [0.717, 1.165) is 32.8 Å². The number of rotatable bonds is 2. The second-order valence-corrected chi connectivity index (χ2v) is 17.4. The van der Waals surface area contributed by atoms with Crippen molar-refractivity contribution < 1.29 is 4.42 Å². The van der Waals surface area contributed by atoms with Crippen molar-refractivity contribution in [1.82, 2.24) is 4.98 Å². The number of para-hydroxylation sites is 2. The predicted molar refractivity (Wildman–Crippen MR) is 213 cm³/mol. The molecule has 0 atom stereocenters. The maximum absolute atomic E-state index is 6.31. The molecule has 246 valence electrons. The molecule has 6 aromatic carbocycles. The first-order valence-electron chi connectivity index (χ1n) is 18.0. The predicted octanol–water partition coefficient (Wildman–Crippen LogP) is 13.3. The lowest BCUT2D eigenvalue weighted by molar-refractivity contribution is 0.630. The first-order chi connectivity index (χ1) is 24.5. The van der Waals surface area contributed by atoms with Crippen LogP contribution in [-0.4, -0.2) is 4.98 Å². The minimum absolute atomic E-state index is 0.121. The Bertz CT molecular complexity index is 2580. The van der Waals surface area contributed by atoms with Crippen molar-refractivity contribution in [2.45, 2.75) is 57.8 Å². The fraction of sp³-hybridized carbons (Fsp3) is 0.188. The van der Waals surface area contributed by atoms with Crippen LogP contribution in [0.1, 0.15) is 74.9 Å². The van der Waals surface area contributed by atoms with Gasteiger partial charge in [0.2, 0.25) is 0 Å². The lowest BCUT2D eigenvalue weighted by atomic mass is 9.78. The third-order valence-electron chi connectivity index (χ3n) is 12.5. The van der Waals surface area contributed by atoms with Gasteiger partial charge < -0.3 is 4.42 Å². The molecule has 0 unspecified atom stereocenters. The van der Waals surface area contributed by atoms with Gasteiger partial charge in [-0.15, -0.1) is 11.3 Å². The van der Waals surface area contributed by atoms with E-state index in [1.54, 1.807) is 11.3 Å². The first-order valence-corrected chi connectivity index (χ1v) is 18.8. The number of furan rings is 1. The van der Waals surface area contributed by atoms with Crippen LogP contribution in [0, 0.1) is 0 Å². The van der Waals surface area contributed by atoms with E-state index in [2.05, 4.69) is 145 Å². The molecule has 8 aromatic rings. The summed E-state index contributed by atoms with van der Waals surface area (Å²) < 4.78 is 7.54. The zero-order valence-electron chi connectivity index (χ0n) is 29.7. The summed E-state index contributed by atoms with van der Waals surface area (Å²) in [7, 11) is 0. The fourth-order valence-corrected chi connectivity index (χ4v) is 10.6. The molecule has 2 heterocycles. The van der Waals surface area contributed by atoms with Crippen molar-refractivity contribution in [2.24, 2.45) is 0 Å². The SMILES string of the molecule is CC1(C)c2cc(-c3cc4ccccc4o3)ccc2-c2cc3c(cc21)-c1cc2c(cc1C3(C)C)-c1ccc(-c3nc4ccccc4s3)cc1C2(C)C. The second kappa shape index (κ2) is 9.54. The summed E-state index contributed by atoms with van der Waals surface area (Å²) in [5, 5.41) is 2.23. The Balaban J connectivity index is 1.02. The molecule has 2 nitrogen and oxygen atoms in total. The van der Waals surface area contributed by atoms with Gasteiger partial charge in [0.25, 0.3) is 0 Å². The zero-order valence-corrected chi connectivity index (χ0v) is 30.5. The van der Waals surface area contributed by atoms with Crippen LogP contribution in [0.3, 0.4) is 0 Å². The maximum atomic E-state index is 6.31. The van der Waals surface area contributed by atoms with Gasteiger partial charge >= 0.3 is 0 Å². The molecular formula is C48H37NOS. The largest absolute Gasteiger partial charge is 0.456 e. The minimum atomic E-state index is -0.141. The number of aromatic nitrogens is 1. The van der Waals surface area contributed by atoms with E-state index in [9.17, 15) is 0 Å². The molecule has 0 radical (unpaired) electrons. The number of hydrogen-bond acceptors (Lipinski definition) is 3. The highest BCUT2D eigenvalue weighted by molar-refractivity contribution is 7.21. The highest BCUT2D eigenvalue weighted by atomic mass is 32.1. The van der Waals surface area contributed by atoms with E-state index >= 15 is 0 Å². The summed E-state index contributed by atoms with van der Waals surface area (Å²) in [5.74, 6) is 0.924. The van der Waals surface area contributed by atoms with Gasteiger partial charge in [-0.1, -0.05) is 96.1 Å². The van der Waals surface area contributed by atoms with E-state index < -0.39 is 0 Å². The van der Waals surface area contributed by atoms with Crippen molar-refractivity contribution in [1.29, 1.82) is 0 Å². The van der Waals surface area contributed by atoms with E-state index in [1.807, 2.05) is 12.1 Å². The van der Waals surface area contributed by atoms with E-state index in [-0.39, 0.29) is 16.2 Å². The molecule has 0 amide bonds. The van der Waals surface area contributed by atoms with Crippen LogP contribution in [0.15, 0.2) is 120 Å². The molecule has 3 heteroatoms. The Hall–Kier alpha value is -5.25. The van der Waals surface area contributed by atoms with Crippen LogP contribution < -0.4 is 0 Å². The Morgan fingerprint density at radius 3 is 1.55 bits per heavy atom. The van der Waals surface area contributed by atoms with Gasteiger partial charge in [-0.3, -0.25) is 0 Å². The highest BCUT2D eigenvalue weighted by Gasteiger charge is 2.44. The molecule has 3 aliphatic rings. The molecule has 2 aromatic heterocycles. The fourth-order valence-electron chi connectivity index (χ4n) is 9.59. The molecule has 0 spiro atoms. The van der Waals surface area contributed by atoms with Crippen LogP contribution in [-0.2, 0) is 16.2 Å². The molecule has 11 rings (SSSR count). The van der Waals surface area contributed by atoms with E-state index in [0.29, 0.717) is 0 Å². The van der Waals surface area contributed by atoms with Crippen LogP contribution in [0.25, 0.3) is 76.5 Å². The number of nitrogens with zero attached hydrogens (tertiary/aromatic N) is 1. The van der Waals surface area contributed by atoms with Crippen molar-refractivity contribution in [3.8, 4) is 55.3 Å². The van der Waals surface area contributed by atoms with Gasteiger partial charge in [0.05, 0.1) is 10.2 Å². The number of fused-ring (bicyclic) bond motifs is 11. The van der Waals surface area contributed by atoms with Crippen molar-refractivity contribution >= 4 is 32.5 Å². The molecule has 0 bridgehead atoms. The summed E-state index contributed by atoms with van der Waals surface area (Å²) in [4.78, 5) is 5.00. The van der Waals surface area contributed by atoms with Gasteiger partial charge in [-0.05, 0) is 127 Å². The monoisotopic (exact) mass is 675 g/mol. The Kier molecular flexibility index (Phi) is 5.51. The second-order valence-electron chi connectivity index (χ2n) is 16.4. The standard InChI is InChI=1S/C48H37NOS/c1-46(2)35-19-27(43-21-26-11-7-9-13-42(26)50-43)15-17-29(35)31-22-39-33(24-37(31)46)34-25-38-32(23-40(34)48(39,5)6)30-18-16-28(20-36(30)47(38,3)4)45-49-41-12-8-10-14-44(41)51-45/h7-25H,1-6H3. The average Bonchev–Trinajstić information content (AvgIpc) is 3.90. The third kappa shape index (κ3) is 3.80. The highest BCUT2D eigenvalue weighted by Crippen LogP contribution is 2.59. The van der Waals surface area contributed by atoms with Gasteiger partial charge in [0.1, 0.15) is 16.4 Å². The molecular weight excluding hydrogens is 639 g/mol. The van der Waals surface area contributed by atoms with Gasteiger partial charge in [-0.2, -0.15) is 0 Å². The Morgan fingerprint density at radius 1 is 0.471 bits per heavy atom. The van der Waals surface area contributed by atoms with Crippen molar-refractivity contribution in [3.05, 3.63) is 149 Å². The summed E-state index contributed by atoms with van der Waals surface area (Å²) in [6.45, 7) is 14.4. The van der Waals surface area contributed by atoms with Crippen LogP contribution in [0.4, 0.5) is 0 Å². The summed E-state index contributed by atoms with van der Waals surface area (Å²) in [6.07, 6.45) is 0. The van der Waals surface area contributed by atoms with Crippen LogP contribution >= 0.6 is 11.3 Å². The Morgan fingerprint density at radius 2 is 0.961 bits per heavy atom. The minimum Gasteiger partial charge on any atom is -0.456 e. The third-order valence-corrected chi connectivity index (χ3v) is 13.6. The first kappa shape index (κ1) is 29.5. The maximum Gasteiger partial charge on any atom is 0.135 e. The molecule has 0 saturated carbocycles. The zero-order chi connectivity index (χ0) is 34.6. The normalized spacial score (nSPS) is 16.5. The van der Waals surface area contributed by atoms with Crippen LogP contribution in [0.5, 0.6) is 0 Å². The summed E-state index contributed by atoms with van der Waals surface area (Å²) >= 11 is 1.78. The summed E-state index contributed by atoms with van der Waals surface area (Å²) in [6, 6.07) is 43.0. The summed E-state index contributed by atoms with van der Waals surface area (Å²) in [5.41, 5.74) is 20.6. The topological polar surface area (TPSA) is 26.0 Å². The van der Waals surface area contributed by atoms with Crippen molar-refractivity contribution in [3.63, 3.8) is 0 Å². The van der Waals surface area contributed by atoms with E-state index in [1.165, 1.54) is 77.0 Å². The van der Waals surface area contributed by atoms with Crippen LogP contribution in [0.2, 0.25) is 0 Å². The van der Waals surface area contributed by atoms with Gasteiger partial charge in [0.15, 0.2) is 0 Å². The quantitative estimate of drug-likeness (QED) is 0.182. The van der Waals surface area contributed by atoms with Crippen molar-refractivity contribution in [2.75, 3.05) is 0 Å². The molecule has 0 saturated heterocycles. The molecule has 3 aliphatic carbocycles. The van der Waals surface area contributed by atoms with E-state index in [4.69, 9.17) is 9.40 Å². The molecule has 51 heavy (non-hydrogen) atoms. The lowest BCUT2D eigenvalue weighted by Gasteiger charge is -2.25. The molecule has 0 N–H and O–H groups in total. The van der Waals surface area contributed by atoms with Gasteiger partial charge in [0, 0.05) is 32.8 Å². The molecule has 0 fully saturated rings. The lowest BCUT2D eigenvalue weighted by Crippen LogP contribution is -2.17. The Labute approximate surface area is 302 Å². The number of thiazole rings is 1. The number of hydrogen-bond donors (Lipinski definition) is 0. The number of benzene rings is 6. The smallest absolute Gasteiger partial charge is 0.135 e.